The van der Waals surface area contributed by atoms with Crippen LogP contribution in [-0.4, -0.2) is 28.3 Å². The largest absolute Gasteiger partial charge is 0.497 e. The minimum atomic E-state index is -0.150. The standard InChI is InChI=1S/C26H33N3O3/c1-3-4-5-6-7-8-9-17-24(30)32-19-21-13-10-11-16-23(21)26-27-25(28-29-26)20-14-12-15-22(18-20)31-2/h10-16,18H,3-9,17,19H2,1-2H3,(H,27,28,29). The van der Waals surface area contributed by atoms with Crippen molar-refractivity contribution in [1.82, 2.24) is 15.2 Å². The number of benzene rings is 2. The van der Waals surface area contributed by atoms with Crippen molar-refractivity contribution in [2.24, 2.45) is 0 Å². The minimum Gasteiger partial charge on any atom is -0.497 e. The van der Waals surface area contributed by atoms with Crippen LogP contribution in [0.3, 0.4) is 0 Å². The fraction of sp³-hybridized carbons (Fsp3) is 0.423. The van der Waals surface area contributed by atoms with E-state index < -0.39 is 0 Å². The summed E-state index contributed by atoms with van der Waals surface area (Å²) < 4.78 is 10.8. The highest BCUT2D eigenvalue weighted by Gasteiger charge is 2.13. The Kier molecular flexibility index (Phi) is 9.29. The van der Waals surface area contributed by atoms with Crippen LogP contribution in [0, 0.1) is 0 Å². The van der Waals surface area contributed by atoms with Gasteiger partial charge in [-0.2, -0.15) is 5.10 Å². The first-order chi connectivity index (χ1) is 15.7. The highest BCUT2D eigenvalue weighted by molar-refractivity contribution is 5.70. The molecule has 3 aromatic rings. The van der Waals surface area contributed by atoms with Crippen molar-refractivity contribution >= 4 is 5.97 Å². The zero-order valence-corrected chi connectivity index (χ0v) is 19.1. The average Bonchev–Trinajstić information content (AvgIpc) is 3.32. The number of methoxy groups -OCH3 is 1. The second-order valence-electron chi connectivity index (χ2n) is 7.93. The number of carbonyl (C=O) groups is 1. The second kappa shape index (κ2) is 12.6. The topological polar surface area (TPSA) is 77.1 Å². The van der Waals surface area contributed by atoms with E-state index in [2.05, 4.69) is 22.1 Å². The van der Waals surface area contributed by atoms with Crippen molar-refractivity contribution in [3.63, 3.8) is 0 Å². The first-order valence-corrected chi connectivity index (χ1v) is 11.5. The molecule has 0 radical (unpaired) electrons. The zero-order chi connectivity index (χ0) is 22.6. The molecule has 6 heteroatoms. The molecule has 0 bridgehead atoms. The quantitative estimate of drug-likeness (QED) is 0.251. The van der Waals surface area contributed by atoms with Gasteiger partial charge in [-0.1, -0.05) is 81.8 Å². The highest BCUT2D eigenvalue weighted by atomic mass is 16.5. The number of hydrogen-bond donors (Lipinski definition) is 1. The number of rotatable bonds is 13. The molecule has 3 rings (SSSR count). The number of nitrogens with zero attached hydrogens (tertiary/aromatic N) is 2. The summed E-state index contributed by atoms with van der Waals surface area (Å²) in [5, 5.41) is 7.36. The molecule has 0 aliphatic carbocycles. The summed E-state index contributed by atoms with van der Waals surface area (Å²) in [4.78, 5) is 16.8. The lowest BCUT2D eigenvalue weighted by molar-refractivity contribution is -0.145. The monoisotopic (exact) mass is 435 g/mol. The molecule has 0 saturated heterocycles. The van der Waals surface area contributed by atoms with Crippen LogP contribution in [0.2, 0.25) is 0 Å². The number of ether oxygens (including phenoxy) is 2. The van der Waals surface area contributed by atoms with Gasteiger partial charge in [-0.05, 0) is 18.6 Å². The number of carbonyl (C=O) groups excluding carboxylic acids is 1. The third-order valence-electron chi connectivity index (χ3n) is 5.46. The van der Waals surface area contributed by atoms with Crippen molar-refractivity contribution < 1.29 is 14.3 Å². The molecule has 0 spiro atoms. The van der Waals surface area contributed by atoms with Crippen molar-refractivity contribution in [2.75, 3.05) is 7.11 Å². The normalized spacial score (nSPS) is 10.8. The van der Waals surface area contributed by atoms with Gasteiger partial charge in [-0.25, -0.2) is 4.98 Å². The lowest BCUT2D eigenvalue weighted by atomic mass is 10.1. The Morgan fingerprint density at radius 1 is 0.969 bits per heavy atom. The van der Waals surface area contributed by atoms with Crippen LogP contribution in [0.5, 0.6) is 5.75 Å². The predicted octanol–water partition coefficient (Wildman–Crippen LogP) is 6.33. The molecule has 170 valence electrons. The Hall–Kier alpha value is -3.15. The van der Waals surface area contributed by atoms with Gasteiger partial charge in [0.25, 0.3) is 0 Å². The van der Waals surface area contributed by atoms with Crippen molar-refractivity contribution in [2.45, 2.75) is 64.9 Å². The van der Waals surface area contributed by atoms with Gasteiger partial charge in [-0.15, -0.1) is 0 Å². The average molecular weight is 436 g/mol. The Bertz CT molecular complexity index is 984. The molecule has 0 saturated carbocycles. The first kappa shape index (κ1) is 23.5. The molecule has 0 fully saturated rings. The summed E-state index contributed by atoms with van der Waals surface area (Å²) in [6.07, 6.45) is 8.73. The Labute approximate surface area is 190 Å². The van der Waals surface area contributed by atoms with Crippen LogP contribution in [0.25, 0.3) is 22.8 Å². The van der Waals surface area contributed by atoms with E-state index in [1.807, 2.05) is 48.5 Å². The smallest absolute Gasteiger partial charge is 0.306 e. The van der Waals surface area contributed by atoms with Gasteiger partial charge in [0, 0.05) is 23.1 Å². The van der Waals surface area contributed by atoms with Crippen molar-refractivity contribution in [3.05, 3.63) is 54.1 Å². The van der Waals surface area contributed by atoms with Gasteiger partial charge < -0.3 is 9.47 Å². The van der Waals surface area contributed by atoms with Crippen LogP contribution in [0.15, 0.2) is 48.5 Å². The van der Waals surface area contributed by atoms with E-state index >= 15 is 0 Å². The maximum Gasteiger partial charge on any atom is 0.306 e. The molecule has 0 aliphatic rings. The van der Waals surface area contributed by atoms with Gasteiger partial charge >= 0.3 is 5.97 Å². The molecule has 1 heterocycles. The molecular formula is C26H33N3O3. The van der Waals surface area contributed by atoms with Gasteiger partial charge in [0.2, 0.25) is 0 Å². The summed E-state index contributed by atoms with van der Waals surface area (Å²) in [5.74, 6) is 1.83. The maximum atomic E-state index is 12.2. The number of nitrogens with one attached hydrogen (secondary N) is 1. The maximum absolute atomic E-state index is 12.2. The SMILES string of the molecule is CCCCCCCCCC(=O)OCc1ccccc1-c1nc(-c2cccc(OC)c2)n[nH]1. The van der Waals surface area contributed by atoms with Gasteiger partial charge in [0.15, 0.2) is 11.6 Å². The first-order valence-electron chi connectivity index (χ1n) is 11.5. The Balaban J connectivity index is 1.55. The van der Waals surface area contributed by atoms with Crippen LogP contribution >= 0.6 is 0 Å². The minimum absolute atomic E-state index is 0.150. The third-order valence-corrected chi connectivity index (χ3v) is 5.46. The number of hydrogen-bond acceptors (Lipinski definition) is 5. The van der Waals surface area contributed by atoms with E-state index in [-0.39, 0.29) is 12.6 Å². The summed E-state index contributed by atoms with van der Waals surface area (Å²) in [7, 11) is 1.63. The van der Waals surface area contributed by atoms with Crippen LogP contribution in [0.1, 0.15) is 63.9 Å². The molecule has 0 atom stereocenters. The fourth-order valence-electron chi connectivity index (χ4n) is 3.61. The molecule has 1 N–H and O–H groups in total. The summed E-state index contributed by atoms with van der Waals surface area (Å²) in [5.41, 5.74) is 2.64. The zero-order valence-electron chi connectivity index (χ0n) is 19.1. The van der Waals surface area contributed by atoms with Crippen molar-refractivity contribution in [3.8, 4) is 28.5 Å². The number of esters is 1. The molecule has 2 aromatic carbocycles. The summed E-state index contributed by atoms with van der Waals surface area (Å²) in [6, 6.07) is 15.4. The lowest BCUT2D eigenvalue weighted by Crippen LogP contribution is -2.05. The molecule has 0 amide bonds. The van der Waals surface area contributed by atoms with E-state index in [1.54, 1.807) is 7.11 Å². The van der Waals surface area contributed by atoms with Crippen LogP contribution in [0.4, 0.5) is 0 Å². The van der Waals surface area contributed by atoms with E-state index in [0.717, 1.165) is 35.3 Å². The highest BCUT2D eigenvalue weighted by Crippen LogP contribution is 2.25. The molecule has 32 heavy (non-hydrogen) atoms. The number of unbranched alkanes of at least 4 members (excludes halogenated alkanes) is 6. The number of aromatic nitrogens is 3. The summed E-state index contributed by atoms with van der Waals surface area (Å²) >= 11 is 0. The van der Waals surface area contributed by atoms with E-state index in [4.69, 9.17) is 9.47 Å². The van der Waals surface area contributed by atoms with Crippen molar-refractivity contribution in [1.29, 1.82) is 0 Å². The Morgan fingerprint density at radius 2 is 1.75 bits per heavy atom. The summed E-state index contributed by atoms with van der Waals surface area (Å²) in [6.45, 7) is 2.44. The second-order valence-corrected chi connectivity index (χ2v) is 7.93. The fourth-order valence-corrected chi connectivity index (χ4v) is 3.61. The van der Waals surface area contributed by atoms with Gasteiger partial charge in [0.05, 0.1) is 7.11 Å². The molecule has 6 nitrogen and oxygen atoms in total. The van der Waals surface area contributed by atoms with E-state index in [9.17, 15) is 4.79 Å². The Morgan fingerprint density at radius 3 is 2.56 bits per heavy atom. The molecular weight excluding hydrogens is 402 g/mol. The molecule has 0 aliphatic heterocycles. The van der Waals surface area contributed by atoms with E-state index in [1.165, 1.54) is 32.1 Å². The number of aromatic amines is 1. The van der Waals surface area contributed by atoms with Crippen LogP contribution < -0.4 is 4.74 Å². The van der Waals surface area contributed by atoms with Gasteiger partial charge in [0.1, 0.15) is 12.4 Å². The predicted molar refractivity (Wildman–Crippen MR) is 126 cm³/mol. The lowest BCUT2D eigenvalue weighted by Gasteiger charge is -2.08. The third kappa shape index (κ3) is 6.94. The molecule has 1 aromatic heterocycles. The molecule has 0 unspecified atom stereocenters. The number of H-pyrrole nitrogens is 1. The van der Waals surface area contributed by atoms with Gasteiger partial charge in [-0.3, -0.25) is 9.89 Å². The van der Waals surface area contributed by atoms with E-state index in [0.29, 0.717) is 18.1 Å². The van der Waals surface area contributed by atoms with Crippen LogP contribution in [-0.2, 0) is 16.1 Å².